The minimum atomic E-state index is -4.89. The molecule has 12 heteroatoms. The monoisotopic (exact) mass is 612 g/mol. The number of carboxylic acid groups (broad SMARTS) is 1. The summed E-state index contributed by atoms with van der Waals surface area (Å²) in [5.41, 5.74) is 2.43. The second kappa shape index (κ2) is 13.2. The molecule has 0 atom stereocenters. The largest absolute Gasteiger partial charge is 0.573 e. The van der Waals surface area contributed by atoms with Gasteiger partial charge in [0.1, 0.15) is 10.5 Å². The average Bonchev–Trinajstić information content (AvgIpc) is 2.83. The van der Waals surface area contributed by atoms with Gasteiger partial charge < -0.3 is 15.2 Å². The van der Waals surface area contributed by atoms with Crippen molar-refractivity contribution in [3.63, 3.8) is 0 Å². The van der Waals surface area contributed by atoms with E-state index >= 15 is 0 Å². The highest BCUT2D eigenvalue weighted by Gasteiger charge is 2.32. The highest BCUT2D eigenvalue weighted by atomic mass is 35.5. The van der Waals surface area contributed by atoms with Crippen LogP contribution in [0.2, 0.25) is 5.02 Å². The second-order valence-corrected chi connectivity index (χ2v) is 12.2. The smallest absolute Gasteiger partial charge is 0.480 e. The van der Waals surface area contributed by atoms with Gasteiger partial charge in [0.15, 0.2) is 0 Å². The van der Waals surface area contributed by atoms with Crippen LogP contribution in [0.15, 0.2) is 65.1 Å². The van der Waals surface area contributed by atoms with Gasteiger partial charge in [-0.05, 0) is 61.7 Å². The van der Waals surface area contributed by atoms with Crippen molar-refractivity contribution in [2.45, 2.75) is 49.7 Å². The van der Waals surface area contributed by atoms with E-state index in [-0.39, 0.29) is 17.3 Å². The molecule has 0 saturated heterocycles. The van der Waals surface area contributed by atoms with E-state index in [2.05, 4.69) is 10.1 Å². The fourth-order valence-electron chi connectivity index (χ4n) is 3.78. The number of thiocarbonyl (C=S) groups is 1. The maximum atomic E-state index is 13.1. The van der Waals surface area contributed by atoms with Gasteiger partial charge in [-0.25, -0.2) is 0 Å². The second-order valence-electron chi connectivity index (χ2n) is 9.65. The summed E-state index contributed by atoms with van der Waals surface area (Å²) in [4.78, 5) is 28.0. The Labute approximate surface area is 245 Å². The molecule has 1 amide bonds. The molecule has 0 bridgehead atoms. The van der Waals surface area contributed by atoms with Crippen LogP contribution in [0.5, 0.6) is 5.75 Å². The first-order valence-electron chi connectivity index (χ1n) is 12.1. The summed E-state index contributed by atoms with van der Waals surface area (Å²) in [5.74, 6) is -1.86. The Morgan fingerprint density at radius 2 is 1.85 bits per heavy atom. The Kier molecular flexibility index (Phi) is 10.5. The number of carbonyl (C=O) groups excluding carboxylic acids is 1. The highest BCUT2D eigenvalue weighted by molar-refractivity contribution is 8.01. The summed E-state index contributed by atoms with van der Waals surface area (Å²) in [6, 6.07) is 9.77. The molecule has 0 spiro atoms. The lowest BCUT2D eigenvalue weighted by atomic mass is 10.0. The summed E-state index contributed by atoms with van der Waals surface area (Å²) in [6.07, 6.45) is 1.52. The molecule has 214 valence electrons. The van der Waals surface area contributed by atoms with Gasteiger partial charge in [-0.2, -0.15) is 0 Å². The van der Waals surface area contributed by atoms with Gasteiger partial charge in [0, 0.05) is 35.0 Å². The number of aryl methyl sites for hydroxylation is 1. The molecular weight excluding hydrogens is 585 g/mol. The normalized spacial score (nSPS) is 13.8. The van der Waals surface area contributed by atoms with Gasteiger partial charge in [-0.15, -0.1) is 24.9 Å². The third-order valence-corrected chi connectivity index (χ3v) is 7.77. The number of nitrogens with one attached hydrogen (secondary N) is 1. The van der Waals surface area contributed by atoms with Gasteiger partial charge in [-0.3, -0.25) is 14.5 Å². The Bertz CT molecular complexity index is 1340. The molecule has 0 saturated carbocycles. The predicted octanol–water partition coefficient (Wildman–Crippen LogP) is 7.20. The number of carbonyl (C=O) groups is 2. The molecule has 2 N–H and O–H groups in total. The highest BCUT2D eigenvalue weighted by Crippen LogP contribution is 2.35. The maximum Gasteiger partial charge on any atom is 0.573 e. The summed E-state index contributed by atoms with van der Waals surface area (Å²) in [7, 11) is 0. The Morgan fingerprint density at radius 3 is 2.45 bits per heavy atom. The molecule has 0 aromatic heterocycles. The lowest BCUT2D eigenvalue weighted by Crippen LogP contribution is -2.35. The van der Waals surface area contributed by atoms with Gasteiger partial charge >= 0.3 is 12.3 Å². The van der Waals surface area contributed by atoms with Crippen molar-refractivity contribution in [2.75, 3.05) is 18.4 Å². The lowest BCUT2D eigenvalue weighted by molar-refractivity contribution is -0.274. The van der Waals surface area contributed by atoms with Crippen molar-refractivity contribution in [3.05, 3.63) is 76.3 Å². The molecule has 0 fully saturated rings. The first-order valence-corrected chi connectivity index (χ1v) is 13.7. The average molecular weight is 613 g/mol. The summed E-state index contributed by atoms with van der Waals surface area (Å²) in [6.45, 7) is 5.56. The number of aliphatic carboxylic acids is 1. The van der Waals surface area contributed by atoms with E-state index < -0.39 is 28.7 Å². The van der Waals surface area contributed by atoms with Gasteiger partial charge in [-0.1, -0.05) is 54.2 Å². The molecule has 1 aliphatic rings. The third kappa shape index (κ3) is 9.36. The zero-order valence-electron chi connectivity index (χ0n) is 22.0. The van der Waals surface area contributed by atoms with Crippen LogP contribution in [-0.4, -0.2) is 50.9 Å². The van der Waals surface area contributed by atoms with E-state index in [4.69, 9.17) is 23.8 Å². The first kappa shape index (κ1) is 31.7. The fraction of sp³-hybridized carbons (Fsp3) is 0.321. The van der Waals surface area contributed by atoms with Crippen molar-refractivity contribution in [3.8, 4) is 5.75 Å². The maximum absolute atomic E-state index is 13.1. The molecule has 0 heterocycles. The summed E-state index contributed by atoms with van der Waals surface area (Å²) >= 11 is 12.7. The number of hydrogen-bond acceptors (Lipinski definition) is 6. The zero-order chi connectivity index (χ0) is 29.7. The van der Waals surface area contributed by atoms with Crippen LogP contribution < -0.4 is 10.1 Å². The molecule has 40 heavy (non-hydrogen) atoms. The first-order chi connectivity index (χ1) is 18.6. The third-order valence-electron chi connectivity index (χ3n) is 5.85. The Morgan fingerprint density at radius 1 is 1.18 bits per heavy atom. The van der Waals surface area contributed by atoms with Crippen LogP contribution in [0, 0.1) is 6.92 Å². The number of hydrogen-bond donors (Lipinski definition) is 2. The van der Waals surface area contributed by atoms with Crippen molar-refractivity contribution in [1.82, 2.24) is 4.90 Å². The molecule has 2 aromatic carbocycles. The van der Waals surface area contributed by atoms with Crippen molar-refractivity contribution in [1.29, 1.82) is 0 Å². The number of amides is 1. The van der Waals surface area contributed by atoms with Gasteiger partial charge in [0.2, 0.25) is 5.91 Å². The SMILES string of the molecule is Cc1cc(OC(F)(F)F)c(Cl)cc1NC(=O)CN(CC1=CC=CCC1=S)Cc1ccc(SC(C)(C)C(=O)O)cc1. The minimum Gasteiger partial charge on any atom is -0.480 e. The zero-order valence-corrected chi connectivity index (χ0v) is 24.4. The lowest BCUT2D eigenvalue weighted by Gasteiger charge is -2.25. The summed E-state index contributed by atoms with van der Waals surface area (Å²) in [5, 5.41) is 11.8. The van der Waals surface area contributed by atoms with Crippen molar-refractivity contribution >= 4 is 58.0 Å². The predicted molar refractivity (Wildman–Crippen MR) is 155 cm³/mol. The number of benzene rings is 2. The van der Waals surface area contributed by atoms with E-state index in [1.54, 1.807) is 13.8 Å². The van der Waals surface area contributed by atoms with E-state index in [0.717, 1.165) is 27.0 Å². The van der Waals surface area contributed by atoms with Crippen LogP contribution in [0.25, 0.3) is 0 Å². The van der Waals surface area contributed by atoms with Crippen LogP contribution in [0.1, 0.15) is 31.4 Å². The standard InChI is InChI=1S/C28H28ClF3N2O4S2/c1-17-12-23(38-28(30,31)32)21(29)13-22(17)33-25(35)16-34(15-19-6-4-5-7-24(19)39)14-18-8-10-20(11-9-18)40-27(2,3)26(36)37/h4-6,8-13H,7,14-16H2,1-3H3,(H,33,35)(H,36,37). The van der Waals surface area contributed by atoms with Crippen LogP contribution in [0.4, 0.5) is 18.9 Å². The molecule has 0 aliphatic heterocycles. The number of halogens is 4. The molecule has 6 nitrogen and oxygen atoms in total. The minimum absolute atomic E-state index is 0.0376. The van der Waals surface area contributed by atoms with E-state index in [1.165, 1.54) is 24.8 Å². The van der Waals surface area contributed by atoms with Gasteiger partial charge in [0.25, 0.3) is 0 Å². The van der Waals surface area contributed by atoms with E-state index in [9.17, 15) is 27.9 Å². The molecular formula is C28H28ClF3N2O4S2. The van der Waals surface area contributed by atoms with Crippen LogP contribution >= 0.6 is 35.6 Å². The number of alkyl halides is 3. The number of rotatable bonds is 11. The fourth-order valence-corrected chi connectivity index (χ4v) is 5.16. The van der Waals surface area contributed by atoms with Crippen molar-refractivity contribution < 1.29 is 32.6 Å². The van der Waals surface area contributed by atoms with E-state index in [0.29, 0.717) is 25.1 Å². The van der Waals surface area contributed by atoms with E-state index in [1.807, 2.05) is 47.4 Å². The number of thioether (sulfide) groups is 1. The Balaban J connectivity index is 1.76. The summed E-state index contributed by atoms with van der Waals surface area (Å²) < 4.78 is 40.9. The van der Waals surface area contributed by atoms with Crippen molar-refractivity contribution in [2.24, 2.45) is 0 Å². The van der Waals surface area contributed by atoms with Crippen LogP contribution in [0.3, 0.4) is 0 Å². The number of nitrogens with zero attached hydrogens (tertiary/aromatic N) is 1. The topological polar surface area (TPSA) is 78.9 Å². The molecule has 1 aliphatic carbocycles. The van der Waals surface area contributed by atoms with Gasteiger partial charge in [0.05, 0.1) is 11.6 Å². The van der Waals surface area contributed by atoms with Crippen LogP contribution in [-0.2, 0) is 16.1 Å². The number of anilines is 1. The molecule has 3 rings (SSSR count). The molecule has 2 aromatic rings. The quantitative estimate of drug-likeness (QED) is 0.205. The Hall–Kier alpha value is -2.86. The molecule has 0 unspecified atom stereocenters. The molecule has 0 radical (unpaired) electrons. The number of allylic oxidation sites excluding steroid dienone is 3. The number of ether oxygens (including phenoxy) is 1. The number of carboxylic acids is 1.